The SMILES string of the molecule is CC(C)[C@@H](O)/C=C/[C@@](C)(O)[C@@H]1CC[C@]2(C)C3=C(CC[C@@]12C)[C@@]1(C)CC=CC(C)(C)[C@@H]1CC3. The van der Waals surface area contributed by atoms with Crippen molar-refractivity contribution in [3.63, 3.8) is 0 Å². The molecule has 4 aliphatic carbocycles. The van der Waals surface area contributed by atoms with Crippen LogP contribution in [0.5, 0.6) is 0 Å². The van der Waals surface area contributed by atoms with Gasteiger partial charge in [-0.05, 0) is 91.3 Å². The van der Waals surface area contributed by atoms with Crippen molar-refractivity contribution in [2.75, 3.05) is 0 Å². The molecule has 0 aromatic carbocycles. The first kappa shape index (κ1) is 24.3. The van der Waals surface area contributed by atoms with Crippen molar-refractivity contribution in [2.45, 2.75) is 112 Å². The summed E-state index contributed by atoms with van der Waals surface area (Å²) in [5, 5.41) is 21.9. The Morgan fingerprint density at radius 1 is 1.03 bits per heavy atom. The minimum Gasteiger partial charge on any atom is -0.389 e. The molecule has 1 fully saturated rings. The molecule has 4 aliphatic rings. The van der Waals surface area contributed by atoms with Gasteiger partial charge in [0.05, 0.1) is 11.7 Å². The van der Waals surface area contributed by atoms with Crippen molar-refractivity contribution in [2.24, 2.45) is 39.4 Å². The van der Waals surface area contributed by atoms with Crippen LogP contribution in [0.25, 0.3) is 0 Å². The molecule has 32 heavy (non-hydrogen) atoms. The van der Waals surface area contributed by atoms with E-state index in [0.29, 0.717) is 0 Å². The molecule has 0 amide bonds. The lowest BCUT2D eigenvalue weighted by Crippen LogP contribution is -2.52. The van der Waals surface area contributed by atoms with Crippen LogP contribution in [0.2, 0.25) is 0 Å². The molecule has 2 N–H and O–H groups in total. The summed E-state index contributed by atoms with van der Waals surface area (Å²) in [6.07, 6.45) is 16.5. The minimum absolute atomic E-state index is 0.0890. The third kappa shape index (κ3) is 3.34. The molecule has 0 aromatic rings. The summed E-state index contributed by atoms with van der Waals surface area (Å²) >= 11 is 0. The molecule has 180 valence electrons. The number of aliphatic hydroxyl groups is 2. The van der Waals surface area contributed by atoms with Crippen molar-refractivity contribution in [1.82, 2.24) is 0 Å². The summed E-state index contributed by atoms with van der Waals surface area (Å²) in [4.78, 5) is 0. The van der Waals surface area contributed by atoms with E-state index in [4.69, 9.17) is 0 Å². The topological polar surface area (TPSA) is 40.5 Å². The second kappa shape index (κ2) is 7.57. The zero-order valence-electron chi connectivity index (χ0n) is 22.0. The largest absolute Gasteiger partial charge is 0.389 e. The van der Waals surface area contributed by atoms with Crippen molar-refractivity contribution in [1.29, 1.82) is 0 Å². The van der Waals surface area contributed by atoms with Gasteiger partial charge in [0.2, 0.25) is 0 Å². The fourth-order valence-electron chi connectivity index (χ4n) is 8.86. The Bertz CT molecular complexity index is 843. The Balaban J connectivity index is 1.70. The molecule has 2 nitrogen and oxygen atoms in total. The molecule has 0 heterocycles. The van der Waals surface area contributed by atoms with Crippen LogP contribution in [0.3, 0.4) is 0 Å². The Kier molecular flexibility index (Phi) is 5.74. The molecule has 1 saturated carbocycles. The van der Waals surface area contributed by atoms with E-state index in [1.807, 2.05) is 32.9 Å². The van der Waals surface area contributed by atoms with Gasteiger partial charge in [0.1, 0.15) is 0 Å². The predicted octanol–water partition coefficient (Wildman–Crippen LogP) is 7.23. The van der Waals surface area contributed by atoms with E-state index in [2.05, 4.69) is 46.8 Å². The van der Waals surface area contributed by atoms with E-state index in [9.17, 15) is 10.2 Å². The molecular formula is C30H48O2. The van der Waals surface area contributed by atoms with Crippen LogP contribution >= 0.6 is 0 Å². The van der Waals surface area contributed by atoms with Crippen LogP contribution in [-0.2, 0) is 0 Å². The van der Waals surface area contributed by atoms with Gasteiger partial charge in [0, 0.05) is 0 Å². The molecule has 0 aromatic heterocycles. The van der Waals surface area contributed by atoms with Crippen LogP contribution in [-0.4, -0.2) is 21.9 Å². The Morgan fingerprint density at radius 2 is 1.72 bits per heavy atom. The molecule has 0 radical (unpaired) electrons. The number of allylic oxidation sites excluding steroid dienone is 4. The summed E-state index contributed by atoms with van der Waals surface area (Å²) in [5.74, 6) is 1.11. The molecule has 4 rings (SSSR count). The monoisotopic (exact) mass is 440 g/mol. The number of hydrogen-bond donors (Lipinski definition) is 2. The lowest BCUT2D eigenvalue weighted by atomic mass is 9.44. The Hall–Kier alpha value is -0.860. The molecule has 0 bridgehead atoms. The van der Waals surface area contributed by atoms with Crippen molar-refractivity contribution in [3.05, 3.63) is 35.5 Å². The van der Waals surface area contributed by atoms with Crippen molar-refractivity contribution < 1.29 is 10.2 Å². The lowest BCUT2D eigenvalue weighted by Gasteiger charge is -2.60. The fraction of sp³-hybridized carbons (Fsp3) is 0.800. The van der Waals surface area contributed by atoms with Crippen LogP contribution in [0.1, 0.15) is 100 Å². The number of aliphatic hydroxyl groups excluding tert-OH is 1. The first-order valence-electron chi connectivity index (χ1n) is 13.2. The van der Waals surface area contributed by atoms with E-state index in [1.165, 1.54) is 32.1 Å². The summed E-state index contributed by atoms with van der Waals surface area (Å²) in [7, 11) is 0. The van der Waals surface area contributed by atoms with E-state index < -0.39 is 11.7 Å². The molecule has 7 atom stereocenters. The average molecular weight is 441 g/mol. The zero-order valence-corrected chi connectivity index (χ0v) is 22.0. The highest BCUT2D eigenvalue weighted by Crippen LogP contribution is 2.72. The van der Waals surface area contributed by atoms with Crippen LogP contribution in [0.4, 0.5) is 0 Å². The van der Waals surface area contributed by atoms with Gasteiger partial charge in [-0.25, -0.2) is 0 Å². The summed E-state index contributed by atoms with van der Waals surface area (Å²) in [6, 6.07) is 0. The number of rotatable bonds is 4. The average Bonchev–Trinajstić information content (AvgIpc) is 2.97. The van der Waals surface area contributed by atoms with Gasteiger partial charge in [-0.15, -0.1) is 0 Å². The van der Waals surface area contributed by atoms with E-state index in [0.717, 1.165) is 18.8 Å². The highest BCUT2D eigenvalue weighted by atomic mass is 16.3. The molecule has 0 aliphatic heterocycles. The molecule has 0 spiro atoms. The maximum Gasteiger partial charge on any atom is 0.0834 e. The summed E-state index contributed by atoms with van der Waals surface area (Å²) in [5.41, 5.74) is 3.45. The smallest absolute Gasteiger partial charge is 0.0834 e. The molecular weight excluding hydrogens is 392 g/mol. The van der Waals surface area contributed by atoms with Gasteiger partial charge in [0.15, 0.2) is 0 Å². The normalized spacial score (nSPS) is 43.7. The van der Waals surface area contributed by atoms with Crippen LogP contribution in [0, 0.1) is 39.4 Å². The zero-order chi connectivity index (χ0) is 23.7. The lowest BCUT2D eigenvalue weighted by molar-refractivity contribution is -0.0501. The van der Waals surface area contributed by atoms with Gasteiger partial charge < -0.3 is 10.2 Å². The first-order chi connectivity index (χ1) is 14.7. The highest BCUT2D eigenvalue weighted by molar-refractivity contribution is 5.40. The quantitative estimate of drug-likeness (QED) is 0.453. The molecule has 0 saturated heterocycles. The second-order valence-electron chi connectivity index (χ2n) is 13.6. The summed E-state index contributed by atoms with van der Waals surface area (Å²) in [6.45, 7) is 18.4. The van der Waals surface area contributed by atoms with Gasteiger partial charge in [0.25, 0.3) is 0 Å². The van der Waals surface area contributed by atoms with Gasteiger partial charge in [-0.1, -0.05) is 83.9 Å². The predicted molar refractivity (Wildman–Crippen MR) is 134 cm³/mol. The van der Waals surface area contributed by atoms with Gasteiger partial charge >= 0.3 is 0 Å². The Morgan fingerprint density at radius 3 is 2.38 bits per heavy atom. The van der Waals surface area contributed by atoms with Crippen molar-refractivity contribution >= 4 is 0 Å². The maximum absolute atomic E-state index is 11.6. The fourth-order valence-corrected chi connectivity index (χ4v) is 8.86. The summed E-state index contributed by atoms with van der Waals surface area (Å²) < 4.78 is 0. The van der Waals surface area contributed by atoms with Gasteiger partial charge in [-0.2, -0.15) is 0 Å². The van der Waals surface area contributed by atoms with E-state index in [1.54, 1.807) is 11.1 Å². The third-order valence-electron chi connectivity index (χ3n) is 11.0. The molecule has 0 unspecified atom stereocenters. The second-order valence-corrected chi connectivity index (χ2v) is 13.6. The molecule has 2 heteroatoms. The van der Waals surface area contributed by atoms with Crippen LogP contribution in [0.15, 0.2) is 35.5 Å². The minimum atomic E-state index is -0.892. The van der Waals surface area contributed by atoms with E-state index >= 15 is 0 Å². The Labute approximate surface area is 197 Å². The number of hydrogen-bond acceptors (Lipinski definition) is 2. The van der Waals surface area contributed by atoms with Crippen LogP contribution < -0.4 is 0 Å². The standard InChI is InChI=1S/C30H48O2/c1-20(2)23(31)13-19-30(8,32)25-14-18-28(6)22-10-11-24-26(3,4)15-9-16-27(24,5)21(22)12-17-29(25,28)7/h9,13,15,19-20,23-25,31-32H,10-12,14,16-18H2,1-8H3/b19-13+/t23-,24-,25+,27+,28+,29-,30+/m0/s1. The maximum atomic E-state index is 11.6. The third-order valence-corrected chi connectivity index (χ3v) is 11.0. The van der Waals surface area contributed by atoms with Crippen molar-refractivity contribution in [3.8, 4) is 0 Å². The highest BCUT2D eigenvalue weighted by Gasteiger charge is 2.64. The van der Waals surface area contributed by atoms with Gasteiger partial charge in [-0.3, -0.25) is 0 Å². The number of fused-ring (bicyclic) bond motifs is 4. The van der Waals surface area contributed by atoms with E-state index in [-0.39, 0.29) is 33.5 Å². The first-order valence-corrected chi connectivity index (χ1v) is 13.2.